The molecule has 1 aromatic carbocycles. The van der Waals surface area contributed by atoms with Crippen molar-refractivity contribution < 1.29 is 9.47 Å². The van der Waals surface area contributed by atoms with E-state index in [1.165, 1.54) is 19.3 Å². The van der Waals surface area contributed by atoms with Gasteiger partial charge in [-0.1, -0.05) is 32.3 Å². The molecule has 0 radical (unpaired) electrons. The van der Waals surface area contributed by atoms with Crippen molar-refractivity contribution in [3.8, 4) is 11.5 Å². The van der Waals surface area contributed by atoms with E-state index < -0.39 is 0 Å². The van der Waals surface area contributed by atoms with Crippen molar-refractivity contribution >= 4 is 0 Å². The van der Waals surface area contributed by atoms with Crippen molar-refractivity contribution in [3.05, 3.63) is 23.8 Å². The second-order valence-corrected chi connectivity index (χ2v) is 4.33. The summed E-state index contributed by atoms with van der Waals surface area (Å²) in [6.45, 7) is 6.10. The van der Waals surface area contributed by atoms with Crippen molar-refractivity contribution in [1.29, 1.82) is 0 Å². The number of nitrogens with two attached hydrogens (primary N) is 1. The first-order chi connectivity index (χ1) is 8.81. The quantitative estimate of drug-likeness (QED) is 0.683. The third-order valence-electron chi connectivity index (χ3n) is 2.80. The van der Waals surface area contributed by atoms with E-state index in [9.17, 15) is 0 Å². The molecule has 0 aliphatic carbocycles. The first-order valence-corrected chi connectivity index (χ1v) is 6.90. The molecule has 0 unspecified atom stereocenters. The maximum absolute atomic E-state index is 5.77. The Morgan fingerprint density at radius 3 is 2.50 bits per heavy atom. The monoisotopic (exact) mass is 251 g/mol. The third kappa shape index (κ3) is 4.96. The Hall–Kier alpha value is -1.22. The molecule has 0 spiro atoms. The maximum Gasteiger partial charge on any atom is 0.161 e. The first kappa shape index (κ1) is 14.8. The topological polar surface area (TPSA) is 44.5 Å². The zero-order chi connectivity index (χ0) is 13.2. The van der Waals surface area contributed by atoms with Gasteiger partial charge in [0.1, 0.15) is 0 Å². The summed E-state index contributed by atoms with van der Waals surface area (Å²) in [5.74, 6) is 1.63. The Balaban J connectivity index is 2.52. The van der Waals surface area contributed by atoms with E-state index in [1.807, 2.05) is 25.1 Å². The van der Waals surface area contributed by atoms with Gasteiger partial charge in [-0.2, -0.15) is 0 Å². The van der Waals surface area contributed by atoms with Gasteiger partial charge in [-0.25, -0.2) is 0 Å². The molecule has 3 heteroatoms. The molecular formula is C15H25NO2. The van der Waals surface area contributed by atoms with E-state index in [4.69, 9.17) is 15.2 Å². The van der Waals surface area contributed by atoms with Crippen LogP contribution in [0.25, 0.3) is 0 Å². The summed E-state index contributed by atoms with van der Waals surface area (Å²) in [7, 11) is 0. The fraction of sp³-hybridized carbons (Fsp3) is 0.600. The van der Waals surface area contributed by atoms with Crippen LogP contribution in [0.3, 0.4) is 0 Å². The molecule has 18 heavy (non-hydrogen) atoms. The summed E-state index contributed by atoms with van der Waals surface area (Å²) in [4.78, 5) is 0. The molecule has 0 saturated carbocycles. The van der Waals surface area contributed by atoms with Gasteiger partial charge in [0.25, 0.3) is 0 Å². The van der Waals surface area contributed by atoms with Crippen LogP contribution in [0.2, 0.25) is 0 Å². The molecule has 1 rings (SSSR count). The average Bonchev–Trinajstić information content (AvgIpc) is 2.40. The minimum absolute atomic E-state index is 0.525. The van der Waals surface area contributed by atoms with Crippen LogP contribution in [0.5, 0.6) is 11.5 Å². The zero-order valence-electron chi connectivity index (χ0n) is 11.6. The van der Waals surface area contributed by atoms with Crippen molar-refractivity contribution in [2.24, 2.45) is 5.73 Å². The van der Waals surface area contributed by atoms with E-state index in [2.05, 4.69) is 6.92 Å². The van der Waals surface area contributed by atoms with Crippen LogP contribution >= 0.6 is 0 Å². The highest BCUT2D eigenvalue weighted by Gasteiger charge is 2.05. The second kappa shape index (κ2) is 8.81. The first-order valence-electron chi connectivity index (χ1n) is 6.90. The molecule has 0 aliphatic rings. The Kier molecular flexibility index (Phi) is 7.26. The molecule has 0 aromatic heterocycles. The molecule has 0 atom stereocenters. The van der Waals surface area contributed by atoms with Gasteiger partial charge >= 0.3 is 0 Å². The molecule has 0 fully saturated rings. The number of ether oxygens (including phenoxy) is 2. The van der Waals surface area contributed by atoms with E-state index in [1.54, 1.807) is 0 Å². The highest BCUT2D eigenvalue weighted by Crippen LogP contribution is 2.28. The molecule has 2 N–H and O–H groups in total. The van der Waals surface area contributed by atoms with Crippen LogP contribution in [0.1, 0.15) is 45.1 Å². The number of hydrogen-bond acceptors (Lipinski definition) is 3. The molecule has 102 valence electrons. The predicted octanol–water partition coefficient (Wildman–Crippen LogP) is 3.50. The molecule has 0 bridgehead atoms. The lowest BCUT2D eigenvalue weighted by Crippen LogP contribution is -2.03. The van der Waals surface area contributed by atoms with Gasteiger partial charge in [-0.05, 0) is 31.0 Å². The van der Waals surface area contributed by atoms with Gasteiger partial charge < -0.3 is 15.2 Å². The largest absolute Gasteiger partial charge is 0.490 e. The smallest absolute Gasteiger partial charge is 0.161 e. The van der Waals surface area contributed by atoms with Crippen LogP contribution in [0.15, 0.2) is 18.2 Å². The summed E-state index contributed by atoms with van der Waals surface area (Å²) in [5.41, 5.74) is 6.69. The minimum Gasteiger partial charge on any atom is -0.490 e. The van der Waals surface area contributed by atoms with E-state index >= 15 is 0 Å². The number of benzene rings is 1. The summed E-state index contributed by atoms with van der Waals surface area (Å²) in [6, 6.07) is 5.90. The Labute approximate surface area is 110 Å². The molecule has 0 aliphatic heterocycles. The lowest BCUT2D eigenvalue weighted by atomic mass is 10.2. The van der Waals surface area contributed by atoms with Crippen LogP contribution in [-0.2, 0) is 6.54 Å². The zero-order valence-corrected chi connectivity index (χ0v) is 11.6. The van der Waals surface area contributed by atoms with E-state index in [-0.39, 0.29) is 0 Å². The Bertz CT molecular complexity index is 339. The van der Waals surface area contributed by atoms with Crippen LogP contribution in [0.4, 0.5) is 0 Å². The highest BCUT2D eigenvalue weighted by molar-refractivity contribution is 5.43. The van der Waals surface area contributed by atoms with Crippen molar-refractivity contribution in [2.75, 3.05) is 13.2 Å². The van der Waals surface area contributed by atoms with Crippen molar-refractivity contribution in [2.45, 2.75) is 46.1 Å². The van der Waals surface area contributed by atoms with Crippen LogP contribution in [0, 0.1) is 0 Å². The Morgan fingerprint density at radius 1 is 1.00 bits per heavy atom. The van der Waals surface area contributed by atoms with Gasteiger partial charge in [0.15, 0.2) is 11.5 Å². The van der Waals surface area contributed by atoms with Gasteiger partial charge in [-0.15, -0.1) is 0 Å². The lowest BCUT2D eigenvalue weighted by Gasteiger charge is -2.13. The van der Waals surface area contributed by atoms with Gasteiger partial charge in [-0.3, -0.25) is 0 Å². The molecule has 0 saturated heterocycles. The minimum atomic E-state index is 0.525. The standard InChI is InChI=1S/C15H25NO2/c1-3-5-6-7-10-18-14-9-8-13(12-16)11-15(14)17-4-2/h8-9,11H,3-7,10,12,16H2,1-2H3. The normalized spacial score (nSPS) is 10.4. The molecule has 0 amide bonds. The summed E-state index contributed by atoms with van der Waals surface area (Å²) >= 11 is 0. The number of unbranched alkanes of at least 4 members (excludes halogenated alkanes) is 3. The van der Waals surface area contributed by atoms with Gasteiger partial charge in [0.2, 0.25) is 0 Å². The highest BCUT2D eigenvalue weighted by atomic mass is 16.5. The Morgan fingerprint density at radius 2 is 1.83 bits per heavy atom. The summed E-state index contributed by atoms with van der Waals surface area (Å²) < 4.78 is 11.3. The van der Waals surface area contributed by atoms with E-state index in [0.29, 0.717) is 13.2 Å². The van der Waals surface area contributed by atoms with Crippen molar-refractivity contribution in [3.63, 3.8) is 0 Å². The fourth-order valence-corrected chi connectivity index (χ4v) is 1.78. The molecule has 1 aromatic rings. The second-order valence-electron chi connectivity index (χ2n) is 4.33. The number of rotatable bonds is 9. The van der Waals surface area contributed by atoms with Gasteiger partial charge in [0, 0.05) is 6.54 Å². The molecule has 3 nitrogen and oxygen atoms in total. The summed E-state index contributed by atoms with van der Waals surface area (Å²) in [6.07, 6.45) is 4.84. The lowest BCUT2D eigenvalue weighted by molar-refractivity contribution is 0.270. The SMILES string of the molecule is CCCCCCOc1ccc(CN)cc1OCC. The molecule has 0 heterocycles. The number of hydrogen-bond donors (Lipinski definition) is 1. The maximum atomic E-state index is 5.77. The average molecular weight is 251 g/mol. The third-order valence-corrected chi connectivity index (χ3v) is 2.80. The van der Waals surface area contributed by atoms with Crippen LogP contribution in [-0.4, -0.2) is 13.2 Å². The van der Waals surface area contributed by atoms with E-state index in [0.717, 1.165) is 30.1 Å². The van der Waals surface area contributed by atoms with Crippen LogP contribution < -0.4 is 15.2 Å². The summed E-state index contributed by atoms with van der Waals surface area (Å²) in [5, 5.41) is 0. The fourth-order valence-electron chi connectivity index (χ4n) is 1.78. The van der Waals surface area contributed by atoms with Crippen molar-refractivity contribution in [1.82, 2.24) is 0 Å². The van der Waals surface area contributed by atoms with Gasteiger partial charge in [0.05, 0.1) is 13.2 Å². The predicted molar refractivity (Wildman–Crippen MR) is 75.1 cm³/mol. The molecular weight excluding hydrogens is 226 g/mol.